The van der Waals surface area contributed by atoms with E-state index in [1.807, 2.05) is 48.8 Å². The molecule has 0 bridgehead atoms. The highest BCUT2D eigenvalue weighted by Gasteiger charge is 2.16. The van der Waals surface area contributed by atoms with E-state index in [1.54, 1.807) is 0 Å². The minimum absolute atomic E-state index is 0.250. The van der Waals surface area contributed by atoms with Gasteiger partial charge in [0.05, 0.1) is 18.2 Å². The minimum Gasteiger partial charge on any atom is -0.494 e. The third-order valence-corrected chi connectivity index (χ3v) is 5.49. The molecule has 2 heterocycles. The molecule has 1 fully saturated rings. The van der Waals surface area contributed by atoms with Gasteiger partial charge >= 0.3 is 0 Å². The fraction of sp³-hybridized carbons (Fsp3) is 0.269. The molecule has 3 aromatic rings. The van der Waals surface area contributed by atoms with Crippen molar-refractivity contribution in [1.29, 1.82) is 5.26 Å². The van der Waals surface area contributed by atoms with Gasteiger partial charge in [-0.3, -0.25) is 14.7 Å². The lowest BCUT2D eigenvalue weighted by Crippen LogP contribution is -2.46. The lowest BCUT2D eigenvalue weighted by molar-refractivity contribution is -0.122. The van der Waals surface area contributed by atoms with Crippen molar-refractivity contribution in [1.82, 2.24) is 9.88 Å². The topological polar surface area (TPSA) is 89.7 Å². The molecule has 1 aliphatic heterocycles. The molecule has 1 N–H and O–H groups in total. The Balaban J connectivity index is 0.000000968. The molecule has 0 amide bonds. The summed E-state index contributed by atoms with van der Waals surface area (Å²) in [6, 6.07) is 22.1. The number of hydrogen-bond donors (Lipinski definition) is 1. The molecule has 170 valence electrons. The first-order valence-electron chi connectivity index (χ1n) is 10.9. The van der Waals surface area contributed by atoms with Crippen LogP contribution in [0, 0.1) is 11.3 Å². The van der Waals surface area contributed by atoms with E-state index < -0.39 is 0 Å². The van der Waals surface area contributed by atoms with Crippen LogP contribution in [0.25, 0.3) is 11.1 Å². The number of nitriles is 1. The number of hydrogen-bond acceptors (Lipinski definition) is 6. The maximum atomic E-state index is 8.91. The van der Waals surface area contributed by atoms with Crippen molar-refractivity contribution in [2.75, 3.05) is 44.2 Å². The zero-order valence-corrected chi connectivity index (χ0v) is 18.5. The van der Waals surface area contributed by atoms with Gasteiger partial charge in [0.1, 0.15) is 5.75 Å². The van der Waals surface area contributed by atoms with Crippen LogP contribution in [0.3, 0.4) is 0 Å². The van der Waals surface area contributed by atoms with Gasteiger partial charge in [-0.15, -0.1) is 0 Å². The van der Waals surface area contributed by atoms with E-state index >= 15 is 0 Å². The quantitative estimate of drug-likeness (QED) is 0.436. The van der Waals surface area contributed by atoms with Crippen molar-refractivity contribution in [2.45, 2.75) is 6.42 Å². The van der Waals surface area contributed by atoms with Crippen LogP contribution in [0.4, 0.5) is 5.69 Å². The van der Waals surface area contributed by atoms with Crippen LogP contribution >= 0.6 is 0 Å². The SMILES string of the molecule is N#Cc1ccc(-c2ccc(OCCCN3CCN(c4ccncc4)CC3)cc2)cc1.O=CO. The summed E-state index contributed by atoms with van der Waals surface area (Å²) in [7, 11) is 0. The molecule has 0 aliphatic carbocycles. The number of piperazine rings is 1. The lowest BCUT2D eigenvalue weighted by Gasteiger charge is -2.36. The molecule has 0 unspecified atom stereocenters. The summed E-state index contributed by atoms with van der Waals surface area (Å²) in [4.78, 5) is 17.4. The van der Waals surface area contributed by atoms with E-state index in [-0.39, 0.29) is 6.47 Å². The van der Waals surface area contributed by atoms with Crippen molar-refractivity contribution in [3.05, 3.63) is 78.6 Å². The summed E-state index contributed by atoms with van der Waals surface area (Å²) in [5.74, 6) is 0.898. The lowest BCUT2D eigenvalue weighted by atomic mass is 10.0. The van der Waals surface area contributed by atoms with E-state index in [9.17, 15) is 0 Å². The second-order valence-corrected chi connectivity index (χ2v) is 7.56. The number of benzene rings is 2. The third kappa shape index (κ3) is 7.34. The molecule has 0 saturated carbocycles. The van der Waals surface area contributed by atoms with Crippen molar-refractivity contribution < 1.29 is 14.6 Å². The molecule has 2 aromatic carbocycles. The van der Waals surface area contributed by atoms with Gasteiger partial charge in [-0.25, -0.2) is 0 Å². The van der Waals surface area contributed by atoms with Crippen LogP contribution in [-0.2, 0) is 4.79 Å². The highest BCUT2D eigenvalue weighted by molar-refractivity contribution is 5.64. The molecule has 0 radical (unpaired) electrons. The van der Waals surface area contributed by atoms with Crippen LogP contribution in [0.5, 0.6) is 5.75 Å². The number of anilines is 1. The van der Waals surface area contributed by atoms with Crippen LogP contribution in [0.2, 0.25) is 0 Å². The van der Waals surface area contributed by atoms with Crippen LogP contribution < -0.4 is 9.64 Å². The fourth-order valence-electron chi connectivity index (χ4n) is 3.74. The number of carbonyl (C=O) groups is 1. The average Bonchev–Trinajstić information content (AvgIpc) is 2.88. The largest absolute Gasteiger partial charge is 0.494 e. The third-order valence-electron chi connectivity index (χ3n) is 5.49. The number of pyridine rings is 1. The molecule has 1 aliphatic rings. The van der Waals surface area contributed by atoms with E-state index in [2.05, 4.69) is 45.1 Å². The van der Waals surface area contributed by atoms with Gasteiger partial charge < -0.3 is 14.7 Å². The number of nitrogens with zero attached hydrogens (tertiary/aromatic N) is 4. The molecule has 0 atom stereocenters. The standard InChI is InChI=1S/C25H26N4O.CH2O2/c26-20-21-2-4-22(5-3-21)23-6-8-25(9-7-23)30-19-1-14-28-15-17-29(18-16-28)24-10-12-27-13-11-24;2-1-3/h2-13H,1,14-19H2;1H,(H,2,3). The van der Waals surface area contributed by atoms with Gasteiger partial charge in [-0.05, 0) is 53.9 Å². The Morgan fingerprint density at radius 2 is 1.52 bits per heavy atom. The van der Waals surface area contributed by atoms with Gasteiger partial charge in [-0.1, -0.05) is 24.3 Å². The highest BCUT2D eigenvalue weighted by atomic mass is 16.5. The second kappa shape index (κ2) is 12.8. The maximum Gasteiger partial charge on any atom is 0.290 e. The van der Waals surface area contributed by atoms with E-state index in [1.165, 1.54) is 5.69 Å². The minimum atomic E-state index is -0.250. The van der Waals surface area contributed by atoms with Gasteiger partial charge in [0.2, 0.25) is 0 Å². The zero-order chi connectivity index (χ0) is 23.3. The van der Waals surface area contributed by atoms with Crippen LogP contribution in [-0.4, -0.2) is 60.8 Å². The highest BCUT2D eigenvalue weighted by Crippen LogP contribution is 2.23. The van der Waals surface area contributed by atoms with E-state index in [0.29, 0.717) is 5.56 Å². The Morgan fingerprint density at radius 1 is 0.939 bits per heavy atom. The first-order valence-corrected chi connectivity index (χ1v) is 10.9. The van der Waals surface area contributed by atoms with Crippen molar-refractivity contribution in [2.24, 2.45) is 0 Å². The fourth-order valence-corrected chi connectivity index (χ4v) is 3.74. The Labute approximate surface area is 194 Å². The summed E-state index contributed by atoms with van der Waals surface area (Å²) < 4.78 is 5.93. The molecule has 1 aromatic heterocycles. The van der Waals surface area contributed by atoms with Gasteiger partial charge in [-0.2, -0.15) is 5.26 Å². The molecule has 7 heteroatoms. The number of ether oxygens (including phenoxy) is 1. The second-order valence-electron chi connectivity index (χ2n) is 7.56. The Bertz CT molecular complexity index is 1010. The predicted octanol–water partition coefficient (Wildman–Crippen LogP) is 3.91. The van der Waals surface area contributed by atoms with Crippen LogP contribution in [0.15, 0.2) is 73.1 Å². The van der Waals surface area contributed by atoms with Crippen molar-refractivity contribution in [3.63, 3.8) is 0 Å². The van der Waals surface area contributed by atoms with E-state index in [0.717, 1.165) is 62.6 Å². The van der Waals surface area contributed by atoms with Crippen molar-refractivity contribution in [3.8, 4) is 22.9 Å². The Kier molecular flexibility index (Phi) is 9.25. The number of aromatic nitrogens is 1. The molecule has 0 spiro atoms. The van der Waals surface area contributed by atoms with Crippen LogP contribution in [0.1, 0.15) is 12.0 Å². The predicted molar refractivity (Wildman–Crippen MR) is 128 cm³/mol. The smallest absolute Gasteiger partial charge is 0.290 e. The molecule has 1 saturated heterocycles. The summed E-state index contributed by atoms with van der Waals surface area (Å²) in [5, 5.41) is 15.8. The molecule has 7 nitrogen and oxygen atoms in total. The molecule has 33 heavy (non-hydrogen) atoms. The summed E-state index contributed by atoms with van der Waals surface area (Å²) >= 11 is 0. The Morgan fingerprint density at radius 3 is 2.09 bits per heavy atom. The monoisotopic (exact) mass is 444 g/mol. The Hall–Kier alpha value is -3.89. The first-order chi connectivity index (χ1) is 16.2. The van der Waals surface area contributed by atoms with Gasteiger partial charge in [0.25, 0.3) is 6.47 Å². The maximum absolute atomic E-state index is 8.91. The molecular weight excluding hydrogens is 416 g/mol. The summed E-state index contributed by atoms with van der Waals surface area (Å²) in [5.41, 5.74) is 4.17. The molecule has 4 rings (SSSR count). The normalized spacial score (nSPS) is 13.4. The summed E-state index contributed by atoms with van der Waals surface area (Å²) in [6.45, 7) is 5.82. The number of carboxylic acid groups (broad SMARTS) is 1. The summed E-state index contributed by atoms with van der Waals surface area (Å²) in [6.07, 6.45) is 4.73. The number of rotatable bonds is 7. The van der Waals surface area contributed by atoms with Gasteiger partial charge in [0, 0.05) is 50.8 Å². The molecular formula is C26H28N4O3. The average molecular weight is 445 g/mol. The van der Waals surface area contributed by atoms with E-state index in [4.69, 9.17) is 19.9 Å². The van der Waals surface area contributed by atoms with Gasteiger partial charge in [0.15, 0.2) is 0 Å². The first kappa shape index (κ1) is 23.8. The van der Waals surface area contributed by atoms with Crippen molar-refractivity contribution >= 4 is 12.2 Å². The zero-order valence-electron chi connectivity index (χ0n) is 18.5.